The van der Waals surface area contributed by atoms with Gasteiger partial charge in [0.2, 0.25) is 0 Å². The summed E-state index contributed by atoms with van der Waals surface area (Å²) in [5, 5.41) is 7.10. The zero-order chi connectivity index (χ0) is 18.1. The van der Waals surface area contributed by atoms with Crippen LogP contribution < -0.4 is 5.32 Å². The molecule has 1 amide bonds. The molecular formula is C17H16BrN3O4. The third-order valence-corrected chi connectivity index (χ3v) is 4.57. The SMILES string of the molecule is Cc1cc(NC(=O)[C@@H](C)OC(=O)c2c(Br)c3ccccc3n2C)no1. The summed E-state index contributed by atoms with van der Waals surface area (Å²) in [4.78, 5) is 24.7. The summed E-state index contributed by atoms with van der Waals surface area (Å²) >= 11 is 3.44. The minimum Gasteiger partial charge on any atom is -0.448 e. The number of esters is 1. The number of anilines is 1. The van der Waals surface area contributed by atoms with Gasteiger partial charge in [-0.1, -0.05) is 23.4 Å². The highest BCUT2D eigenvalue weighted by atomic mass is 79.9. The maximum atomic E-state index is 12.5. The van der Waals surface area contributed by atoms with Gasteiger partial charge in [0.1, 0.15) is 11.5 Å². The van der Waals surface area contributed by atoms with Gasteiger partial charge in [-0.15, -0.1) is 0 Å². The molecule has 0 saturated heterocycles. The van der Waals surface area contributed by atoms with Gasteiger partial charge >= 0.3 is 5.97 Å². The van der Waals surface area contributed by atoms with Crippen molar-refractivity contribution in [2.24, 2.45) is 7.05 Å². The summed E-state index contributed by atoms with van der Waals surface area (Å²) in [7, 11) is 1.77. The Hall–Kier alpha value is -2.61. The van der Waals surface area contributed by atoms with E-state index in [0.29, 0.717) is 15.9 Å². The molecule has 130 valence electrons. The first-order chi connectivity index (χ1) is 11.9. The molecule has 3 aromatic rings. The Morgan fingerprint density at radius 1 is 1.36 bits per heavy atom. The average molecular weight is 406 g/mol. The molecule has 0 aliphatic rings. The van der Waals surface area contributed by atoms with Crippen molar-refractivity contribution in [3.63, 3.8) is 0 Å². The maximum Gasteiger partial charge on any atom is 0.356 e. The lowest BCUT2D eigenvalue weighted by Crippen LogP contribution is -2.30. The van der Waals surface area contributed by atoms with Gasteiger partial charge < -0.3 is 19.1 Å². The van der Waals surface area contributed by atoms with Gasteiger partial charge in [0.25, 0.3) is 5.91 Å². The number of halogens is 1. The molecule has 0 saturated carbocycles. The Labute approximate surface area is 152 Å². The number of nitrogens with one attached hydrogen (secondary N) is 1. The van der Waals surface area contributed by atoms with Crippen LogP contribution >= 0.6 is 15.9 Å². The molecule has 8 heteroatoms. The maximum absolute atomic E-state index is 12.5. The number of ether oxygens (including phenoxy) is 1. The number of rotatable bonds is 4. The van der Waals surface area contributed by atoms with Crippen molar-refractivity contribution < 1.29 is 18.8 Å². The van der Waals surface area contributed by atoms with Crippen LogP contribution in [0.15, 0.2) is 39.3 Å². The predicted molar refractivity (Wildman–Crippen MR) is 95.4 cm³/mol. The topological polar surface area (TPSA) is 86.4 Å². The highest BCUT2D eigenvalue weighted by molar-refractivity contribution is 9.10. The number of benzene rings is 1. The quantitative estimate of drug-likeness (QED) is 0.671. The number of nitrogens with zero attached hydrogens (tertiary/aromatic N) is 2. The standard InChI is InChI=1S/C17H16BrN3O4/c1-9-8-13(20-25-9)19-16(22)10(2)24-17(23)15-14(18)11-6-4-5-7-12(11)21(15)3/h4-8,10H,1-3H3,(H,19,20,22)/t10-/m1/s1. The van der Waals surface area contributed by atoms with E-state index in [1.807, 2.05) is 24.3 Å². The minimum atomic E-state index is -0.991. The summed E-state index contributed by atoms with van der Waals surface area (Å²) in [5.41, 5.74) is 1.23. The lowest BCUT2D eigenvalue weighted by Gasteiger charge is -2.13. The van der Waals surface area contributed by atoms with E-state index in [1.165, 1.54) is 6.92 Å². The van der Waals surface area contributed by atoms with Gasteiger partial charge in [0.05, 0.1) is 4.47 Å². The van der Waals surface area contributed by atoms with Crippen molar-refractivity contribution in [1.29, 1.82) is 0 Å². The number of fused-ring (bicyclic) bond motifs is 1. The van der Waals surface area contributed by atoms with Crippen molar-refractivity contribution in [2.45, 2.75) is 20.0 Å². The van der Waals surface area contributed by atoms with E-state index >= 15 is 0 Å². The number of aryl methyl sites for hydroxylation is 2. The van der Waals surface area contributed by atoms with Crippen molar-refractivity contribution in [1.82, 2.24) is 9.72 Å². The zero-order valence-electron chi connectivity index (χ0n) is 13.9. The van der Waals surface area contributed by atoms with Crippen LogP contribution in [0.1, 0.15) is 23.2 Å². The van der Waals surface area contributed by atoms with Crippen LogP contribution in [-0.2, 0) is 16.6 Å². The Bertz CT molecular complexity index is 921. The van der Waals surface area contributed by atoms with Crippen molar-refractivity contribution in [2.75, 3.05) is 5.32 Å². The van der Waals surface area contributed by atoms with Gasteiger partial charge in [0.15, 0.2) is 11.9 Å². The van der Waals surface area contributed by atoms with Gasteiger partial charge in [-0.3, -0.25) is 4.79 Å². The first-order valence-electron chi connectivity index (χ1n) is 7.56. The third-order valence-electron chi connectivity index (χ3n) is 3.77. The van der Waals surface area contributed by atoms with Crippen LogP contribution in [0.3, 0.4) is 0 Å². The van der Waals surface area contributed by atoms with Crippen molar-refractivity contribution in [3.8, 4) is 0 Å². The average Bonchev–Trinajstić information content (AvgIpc) is 3.09. The second-order valence-corrected chi connectivity index (χ2v) is 6.39. The Balaban J connectivity index is 1.76. The van der Waals surface area contributed by atoms with Gasteiger partial charge in [0, 0.05) is 24.0 Å². The van der Waals surface area contributed by atoms with Crippen LogP contribution in [-0.4, -0.2) is 27.7 Å². The predicted octanol–water partition coefficient (Wildman–Crippen LogP) is 3.42. The van der Waals surface area contributed by atoms with E-state index < -0.39 is 18.0 Å². The molecule has 1 N–H and O–H groups in total. The molecule has 0 radical (unpaired) electrons. The lowest BCUT2D eigenvalue weighted by molar-refractivity contribution is -0.123. The highest BCUT2D eigenvalue weighted by Crippen LogP contribution is 2.30. The molecule has 0 spiro atoms. The number of hydrogen-bond acceptors (Lipinski definition) is 5. The number of carbonyl (C=O) groups excluding carboxylic acids is 2. The molecule has 2 aromatic heterocycles. The number of aromatic nitrogens is 2. The van der Waals surface area contributed by atoms with Crippen molar-refractivity contribution >= 4 is 44.5 Å². The molecule has 0 unspecified atom stereocenters. The zero-order valence-corrected chi connectivity index (χ0v) is 15.5. The fourth-order valence-electron chi connectivity index (χ4n) is 2.50. The highest BCUT2D eigenvalue weighted by Gasteiger charge is 2.25. The normalized spacial score (nSPS) is 12.2. The summed E-state index contributed by atoms with van der Waals surface area (Å²) in [5.74, 6) is -0.239. The molecule has 7 nitrogen and oxygen atoms in total. The van der Waals surface area contributed by atoms with E-state index in [1.54, 1.807) is 24.6 Å². The first kappa shape index (κ1) is 17.2. The van der Waals surface area contributed by atoms with E-state index in [2.05, 4.69) is 26.4 Å². The molecule has 3 rings (SSSR count). The van der Waals surface area contributed by atoms with Gasteiger partial charge in [-0.05, 0) is 35.8 Å². The summed E-state index contributed by atoms with van der Waals surface area (Å²) < 4.78 is 12.6. The van der Waals surface area contributed by atoms with E-state index in [9.17, 15) is 9.59 Å². The smallest absolute Gasteiger partial charge is 0.356 e. The molecule has 0 bridgehead atoms. The van der Waals surface area contributed by atoms with Crippen molar-refractivity contribution in [3.05, 3.63) is 46.3 Å². The molecule has 0 aliphatic heterocycles. The van der Waals surface area contributed by atoms with Crippen LogP contribution in [0.2, 0.25) is 0 Å². The molecule has 0 aliphatic carbocycles. The summed E-state index contributed by atoms with van der Waals surface area (Å²) in [6.45, 7) is 3.21. The first-order valence-corrected chi connectivity index (χ1v) is 8.36. The van der Waals surface area contributed by atoms with Gasteiger partial charge in [-0.25, -0.2) is 4.79 Å². The number of amides is 1. The molecule has 25 heavy (non-hydrogen) atoms. The van der Waals surface area contributed by atoms with Crippen LogP contribution in [0.5, 0.6) is 0 Å². The Morgan fingerprint density at radius 2 is 2.08 bits per heavy atom. The number of para-hydroxylation sites is 1. The fraction of sp³-hybridized carbons (Fsp3) is 0.235. The minimum absolute atomic E-state index is 0.274. The molecule has 1 aromatic carbocycles. The second-order valence-electron chi connectivity index (χ2n) is 5.60. The van der Waals surface area contributed by atoms with E-state index in [-0.39, 0.29) is 5.82 Å². The van der Waals surface area contributed by atoms with Crippen LogP contribution in [0.25, 0.3) is 10.9 Å². The van der Waals surface area contributed by atoms with E-state index in [4.69, 9.17) is 9.26 Å². The largest absolute Gasteiger partial charge is 0.448 e. The number of carbonyl (C=O) groups is 2. The fourth-order valence-corrected chi connectivity index (χ4v) is 3.26. The Morgan fingerprint density at radius 3 is 2.72 bits per heavy atom. The molecule has 0 fully saturated rings. The lowest BCUT2D eigenvalue weighted by atomic mass is 10.2. The van der Waals surface area contributed by atoms with E-state index in [0.717, 1.165) is 10.9 Å². The Kier molecular flexibility index (Phi) is 4.63. The monoisotopic (exact) mass is 405 g/mol. The number of hydrogen-bond donors (Lipinski definition) is 1. The van der Waals surface area contributed by atoms with Crippen LogP contribution in [0, 0.1) is 6.92 Å². The summed E-state index contributed by atoms with van der Waals surface area (Å²) in [6, 6.07) is 9.16. The molecule has 2 heterocycles. The molecular weight excluding hydrogens is 390 g/mol. The molecule has 1 atom stereocenters. The van der Waals surface area contributed by atoms with Crippen LogP contribution in [0.4, 0.5) is 5.82 Å². The summed E-state index contributed by atoms with van der Waals surface area (Å²) in [6.07, 6.45) is -0.991. The third kappa shape index (κ3) is 3.30. The second kappa shape index (κ2) is 6.72. The van der Waals surface area contributed by atoms with Gasteiger partial charge in [-0.2, -0.15) is 0 Å².